The van der Waals surface area contributed by atoms with E-state index in [9.17, 15) is 24.6 Å². The summed E-state index contributed by atoms with van der Waals surface area (Å²) in [5, 5.41) is 26.2. The Kier molecular flexibility index (Phi) is 19.1. The van der Waals surface area contributed by atoms with Crippen LogP contribution in [-0.2, 0) is 36.9 Å². The van der Waals surface area contributed by atoms with Gasteiger partial charge in [0.15, 0.2) is 0 Å². The Balaban J connectivity index is 0.000000197. The molecule has 0 heterocycles. The van der Waals surface area contributed by atoms with Gasteiger partial charge in [-0.15, -0.1) is 0 Å². The van der Waals surface area contributed by atoms with Crippen molar-refractivity contribution >= 4 is 18.2 Å². The molecule has 10 aliphatic rings. The standard InChI is InChI=1S/C38H57NO3.C31H48O4.C7H9N.2CH4/c1-25(2)27-15-20-38(33(41)42-7)22-21-36(5)28(32(27)38)13-14-30-34(3)18-17-31(40)35(4,29(34)16-19-37(30,36)6)24-39-23-26-11-9-8-10-12-26;1-19(2)20-10-15-31(26(34)35-7)17-16-29(5)21(25(20)31)8-9-23-27(3)13-12-24(33)28(4,18-32)22(27)11-14-30(23,29)6;8-6-7-4-2-1-3-5-7;;/h8-12,27-32,39-40H,1,13-24H2,2-7H3;18,20-25,33H,1,8-17H2,2-7H3;1-5H,6,8H2;2*1H4/t27-,28?,29?,30?,31-,32?,34-,35-,36+,37+,38?;20-,21?,22?,23?,24-,25?,27-,28-,29+,30+,31?;;;/m00.../s1/i;;;2*1D. The largest absolute Gasteiger partial charge is 0.469 e. The highest BCUT2D eigenvalue weighted by atomic mass is 16.5. The van der Waals surface area contributed by atoms with Gasteiger partial charge in [-0.2, -0.15) is 0 Å². The fraction of sp³-hybridized carbons (Fsp3) is 0.756. The predicted molar refractivity (Wildman–Crippen MR) is 355 cm³/mol. The van der Waals surface area contributed by atoms with Gasteiger partial charge in [0.05, 0.1) is 42.7 Å². The van der Waals surface area contributed by atoms with Crippen molar-refractivity contribution in [3.8, 4) is 0 Å². The molecule has 10 unspecified atom stereocenters. The molecule has 9 heteroatoms. The topological polar surface area (TPSA) is 148 Å². The summed E-state index contributed by atoms with van der Waals surface area (Å²) >= 11 is 0. The first-order chi connectivity index (χ1) is 42.2. The third-order valence-corrected chi connectivity index (χ3v) is 29.8. The lowest BCUT2D eigenvalue weighted by atomic mass is 9.32. The Hall–Kier alpha value is -3.63. The number of nitrogens with one attached hydrogen (secondary N) is 1. The zero-order valence-electron chi connectivity index (χ0n) is 59.0. The van der Waals surface area contributed by atoms with Crippen molar-refractivity contribution in [3.05, 3.63) is 96.1 Å². The number of carbonyl (C=O) groups is 3. The van der Waals surface area contributed by atoms with Gasteiger partial charge in [0.1, 0.15) is 6.29 Å². The lowest BCUT2D eigenvalue weighted by molar-refractivity contribution is -0.250. The highest BCUT2D eigenvalue weighted by Crippen LogP contribution is 2.80. The Morgan fingerprint density at radius 2 is 0.989 bits per heavy atom. The Morgan fingerprint density at radius 1 is 0.563 bits per heavy atom. The van der Waals surface area contributed by atoms with Crippen molar-refractivity contribution in [1.82, 2.24) is 5.32 Å². The highest BCUT2D eigenvalue weighted by molar-refractivity contribution is 5.79. The molecule has 9 nitrogen and oxygen atoms in total. The van der Waals surface area contributed by atoms with Gasteiger partial charge in [-0.1, -0.05) is 155 Å². The molecule has 0 saturated heterocycles. The number of hydrogen-bond acceptors (Lipinski definition) is 9. The molecule has 22 atom stereocenters. The maximum absolute atomic E-state index is 13.5. The van der Waals surface area contributed by atoms with E-state index in [4.69, 9.17) is 17.9 Å². The number of aldehydes is 1. The summed E-state index contributed by atoms with van der Waals surface area (Å²) in [5.41, 5.74) is 9.90. The van der Waals surface area contributed by atoms with Crippen molar-refractivity contribution < 1.29 is 36.8 Å². The molecule has 12 rings (SSSR count). The van der Waals surface area contributed by atoms with Gasteiger partial charge >= 0.3 is 11.9 Å². The molecule has 10 fully saturated rings. The van der Waals surface area contributed by atoms with Gasteiger partial charge in [-0.25, -0.2) is 0 Å². The van der Waals surface area contributed by atoms with E-state index in [0.29, 0.717) is 59.8 Å². The van der Waals surface area contributed by atoms with E-state index in [2.05, 4.69) is 111 Å². The summed E-state index contributed by atoms with van der Waals surface area (Å²) < 4.78 is 22.5. The van der Waals surface area contributed by atoms with E-state index in [1.165, 1.54) is 62.8 Å². The number of aliphatic hydroxyl groups excluding tert-OH is 2. The molecule has 0 amide bonds. The van der Waals surface area contributed by atoms with Crippen LogP contribution in [0.1, 0.15) is 226 Å². The Morgan fingerprint density at radius 3 is 1.40 bits per heavy atom. The van der Waals surface area contributed by atoms with Crippen LogP contribution in [-0.4, -0.2) is 61.4 Å². The first-order valence-electron chi connectivity index (χ1n) is 35.9. The van der Waals surface area contributed by atoms with Crippen molar-refractivity contribution in [1.29, 1.82) is 0 Å². The fourth-order valence-corrected chi connectivity index (χ4v) is 25.0. The molecular weight excluding hydrogens is 1080 g/mol. The highest BCUT2D eigenvalue weighted by Gasteiger charge is 2.75. The monoisotopic (exact) mass is 1200 g/mol. The summed E-state index contributed by atoms with van der Waals surface area (Å²) in [6, 6.07) is 20.6. The molecule has 5 N–H and O–H groups in total. The summed E-state index contributed by atoms with van der Waals surface area (Å²) in [6.07, 6.45) is 21.4. The number of hydrogen-bond donors (Lipinski definition) is 4. The Bertz CT molecular complexity index is 2800. The lowest BCUT2D eigenvalue weighted by Crippen LogP contribution is -2.68. The minimum absolute atomic E-state index is 0.0132. The number of esters is 2. The maximum atomic E-state index is 13.5. The van der Waals surface area contributed by atoms with Crippen LogP contribution in [0.5, 0.6) is 0 Å². The van der Waals surface area contributed by atoms with Crippen LogP contribution in [0, 0.1) is 113 Å². The minimum Gasteiger partial charge on any atom is -0.469 e. The number of ether oxygens (including phenoxy) is 2. The first-order valence-corrected chi connectivity index (χ1v) is 33.9. The predicted octanol–water partition coefficient (Wildman–Crippen LogP) is 16.7. The zero-order chi connectivity index (χ0) is 65.6. The second kappa shape index (κ2) is 25.1. The number of rotatable bonds is 10. The number of carbonyl (C=O) groups excluding carboxylic acids is 3. The maximum Gasteiger partial charge on any atom is 0.312 e. The number of methoxy groups -OCH3 is 2. The molecule has 10 saturated carbocycles. The van der Waals surface area contributed by atoms with Crippen molar-refractivity contribution in [2.75, 3.05) is 20.8 Å². The molecule has 10 aliphatic carbocycles. The summed E-state index contributed by atoms with van der Waals surface area (Å²) in [4.78, 5) is 39.2. The summed E-state index contributed by atoms with van der Waals surface area (Å²) in [5.74, 6) is 4.49. The minimum atomic E-state index is -0.644. The SMILES string of the molecule is C=C(C)[C@@H]1CCC2(C(=O)OC)CC[C@]3(C)C(CCC4[C@@]5(C)CC[C@H](O)[C@@](C)(C=O)C5CC[C@]43C)C12.C=C(C)[C@@H]1CCC2(C(=O)OC)CC[C@]3(C)C(CCC4[C@@]5(C)CC[C@H](O)[C@@](C)(CNCc6ccccc6)C5CC[C@]43C)C12.NCc1ccccc1.[2H]C.[2H]C. The van der Waals surface area contributed by atoms with Gasteiger partial charge in [0, 0.05) is 27.8 Å². The van der Waals surface area contributed by atoms with E-state index in [-0.39, 0.29) is 72.7 Å². The number of aliphatic hydroxyl groups is 2. The first kappa shape index (κ1) is 66.3. The lowest BCUT2D eigenvalue weighted by Gasteiger charge is -2.73. The Labute approximate surface area is 531 Å². The smallest absolute Gasteiger partial charge is 0.312 e. The second-order valence-corrected chi connectivity index (χ2v) is 32.5. The second-order valence-electron chi connectivity index (χ2n) is 32.5. The van der Waals surface area contributed by atoms with Crippen molar-refractivity contribution in [2.45, 2.75) is 238 Å². The molecule has 0 spiro atoms. The molecule has 2 aromatic rings. The van der Waals surface area contributed by atoms with Crippen LogP contribution in [0.2, 0.25) is 0 Å². The fourth-order valence-electron chi connectivity index (χ4n) is 25.0. The number of allylic oxidation sites excluding steroid dienone is 2. The van der Waals surface area contributed by atoms with E-state index in [1.54, 1.807) is 14.2 Å². The van der Waals surface area contributed by atoms with Gasteiger partial charge in [-0.3, -0.25) is 9.59 Å². The van der Waals surface area contributed by atoms with Crippen LogP contribution < -0.4 is 11.1 Å². The number of fused-ring (bicyclic) bond motifs is 14. The molecule has 0 radical (unpaired) electrons. The van der Waals surface area contributed by atoms with Crippen LogP contribution >= 0.6 is 0 Å². The molecule has 486 valence electrons. The van der Waals surface area contributed by atoms with E-state index in [0.717, 1.165) is 122 Å². The van der Waals surface area contributed by atoms with Crippen molar-refractivity contribution in [2.24, 2.45) is 119 Å². The zero-order valence-corrected chi connectivity index (χ0v) is 57.0. The van der Waals surface area contributed by atoms with Crippen LogP contribution in [0.15, 0.2) is 85.0 Å². The van der Waals surface area contributed by atoms with E-state index < -0.39 is 11.5 Å². The normalized spacial score (nSPS) is 46.3. The number of benzene rings is 2. The van der Waals surface area contributed by atoms with E-state index in [1.807, 2.05) is 37.3 Å². The number of nitrogens with two attached hydrogens (primary N) is 1. The van der Waals surface area contributed by atoms with E-state index >= 15 is 0 Å². The third kappa shape index (κ3) is 10.4. The van der Waals surface area contributed by atoms with Gasteiger partial charge in [-0.05, 0) is 245 Å². The average molecular weight is 1200 g/mol. The van der Waals surface area contributed by atoms with Gasteiger partial charge in [0.25, 0.3) is 0 Å². The molecular formula is C78H122N2O7. The van der Waals surface area contributed by atoms with Gasteiger partial charge < -0.3 is 35.5 Å². The summed E-state index contributed by atoms with van der Waals surface area (Å²) in [7, 11) is 5.66. The molecule has 0 aromatic heterocycles. The van der Waals surface area contributed by atoms with Gasteiger partial charge in [0.2, 0.25) is 0 Å². The van der Waals surface area contributed by atoms with Crippen LogP contribution in [0.25, 0.3) is 0 Å². The third-order valence-electron chi connectivity index (χ3n) is 29.8. The summed E-state index contributed by atoms with van der Waals surface area (Å²) in [6.45, 7) is 35.4. The van der Waals surface area contributed by atoms with Crippen LogP contribution in [0.4, 0.5) is 0 Å². The molecule has 87 heavy (non-hydrogen) atoms. The van der Waals surface area contributed by atoms with Crippen LogP contribution in [0.3, 0.4) is 0 Å². The van der Waals surface area contributed by atoms with Crippen molar-refractivity contribution in [3.63, 3.8) is 0 Å². The average Bonchev–Trinajstić information content (AvgIpc) is 1.54. The molecule has 2 aromatic carbocycles. The molecule has 0 bridgehead atoms. The molecule has 0 aliphatic heterocycles. The quantitative estimate of drug-likeness (QED) is 0.104.